The molecule has 0 bridgehead atoms. The smallest absolute Gasteiger partial charge is 0.123 e. The molecule has 0 radical (unpaired) electrons. The van der Waals surface area contributed by atoms with Crippen LogP contribution >= 0.6 is 15.9 Å². The number of nitrogens with one attached hydrogen (secondary N) is 1. The van der Waals surface area contributed by atoms with E-state index in [1.165, 1.54) is 0 Å². The number of rotatable bonds is 7. The van der Waals surface area contributed by atoms with Gasteiger partial charge in [0.15, 0.2) is 0 Å². The van der Waals surface area contributed by atoms with Gasteiger partial charge >= 0.3 is 0 Å². The van der Waals surface area contributed by atoms with Crippen molar-refractivity contribution in [2.24, 2.45) is 0 Å². The van der Waals surface area contributed by atoms with E-state index < -0.39 is 0 Å². The van der Waals surface area contributed by atoms with Gasteiger partial charge in [-0.25, -0.2) is 0 Å². The van der Waals surface area contributed by atoms with Crippen LogP contribution in [-0.2, 0) is 6.54 Å². The summed E-state index contributed by atoms with van der Waals surface area (Å²) < 4.78 is 6.72. The van der Waals surface area contributed by atoms with Crippen LogP contribution in [-0.4, -0.2) is 24.4 Å². The van der Waals surface area contributed by atoms with Gasteiger partial charge in [-0.05, 0) is 31.5 Å². The summed E-state index contributed by atoms with van der Waals surface area (Å²) in [5, 5.41) is 12.2. The van der Waals surface area contributed by atoms with E-state index in [-0.39, 0.29) is 12.6 Å². The maximum absolute atomic E-state index is 8.98. The highest BCUT2D eigenvalue weighted by Gasteiger charge is 2.06. The van der Waals surface area contributed by atoms with Crippen LogP contribution in [0.15, 0.2) is 22.7 Å². The van der Waals surface area contributed by atoms with Gasteiger partial charge in [-0.15, -0.1) is 0 Å². The Kier molecular flexibility index (Phi) is 6.55. The standard InChI is InChI=1S/C13H20BrNO2/c1-3-6-17-13-5-4-12(14)7-11(13)8-15-10(2)9-16/h4-5,7,10,15-16H,3,6,8-9H2,1-2H3/t10-/m1/s1. The average molecular weight is 302 g/mol. The van der Waals surface area contributed by atoms with E-state index in [2.05, 4.69) is 28.2 Å². The molecule has 0 aromatic heterocycles. The Morgan fingerprint density at radius 1 is 1.47 bits per heavy atom. The molecular formula is C13H20BrNO2. The van der Waals surface area contributed by atoms with Gasteiger partial charge in [0.25, 0.3) is 0 Å². The summed E-state index contributed by atoms with van der Waals surface area (Å²) >= 11 is 3.46. The summed E-state index contributed by atoms with van der Waals surface area (Å²) in [5.74, 6) is 0.910. The lowest BCUT2D eigenvalue weighted by atomic mass is 10.2. The molecule has 0 fully saturated rings. The number of hydrogen-bond acceptors (Lipinski definition) is 3. The first-order valence-electron chi connectivity index (χ1n) is 5.92. The highest BCUT2D eigenvalue weighted by atomic mass is 79.9. The van der Waals surface area contributed by atoms with E-state index in [1.54, 1.807) is 0 Å². The normalized spacial score (nSPS) is 12.5. The summed E-state index contributed by atoms with van der Waals surface area (Å²) in [6.45, 7) is 5.60. The van der Waals surface area contributed by atoms with Gasteiger partial charge in [0.1, 0.15) is 5.75 Å². The Labute approximate surface area is 111 Å². The van der Waals surface area contributed by atoms with Crippen LogP contribution in [0.25, 0.3) is 0 Å². The van der Waals surface area contributed by atoms with Gasteiger partial charge in [0.05, 0.1) is 13.2 Å². The number of aliphatic hydroxyl groups is 1. The molecule has 0 heterocycles. The van der Waals surface area contributed by atoms with Crippen LogP contribution in [0.2, 0.25) is 0 Å². The number of ether oxygens (including phenoxy) is 1. The summed E-state index contributed by atoms with van der Waals surface area (Å²) in [5.41, 5.74) is 1.10. The second kappa shape index (κ2) is 7.69. The Hall–Kier alpha value is -0.580. The van der Waals surface area contributed by atoms with Crippen molar-refractivity contribution in [3.8, 4) is 5.75 Å². The first-order valence-corrected chi connectivity index (χ1v) is 6.72. The van der Waals surface area contributed by atoms with Crippen molar-refractivity contribution >= 4 is 15.9 Å². The molecule has 1 atom stereocenters. The Balaban J connectivity index is 2.69. The predicted octanol–water partition coefficient (Wildman–Crippen LogP) is 2.71. The minimum Gasteiger partial charge on any atom is -0.493 e. The van der Waals surface area contributed by atoms with Crippen molar-refractivity contribution in [3.05, 3.63) is 28.2 Å². The molecular weight excluding hydrogens is 282 g/mol. The fourth-order valence-corrected chi connectivity index (χ4v) is 1.80. The minimum atomic E-state index is 0.0907. The van der Waals surface area contributed by atoms with Crippen LogP contribution in [0.1, 0.15) is 25.8 Å². The SMILES string of the molecule is CCCOc1ccc(Br)cc1CN[C@H](C)CO. The molecule has 0 saturated heterocycles. The predicted molar refractivity (Wildman–Crippen MR) is 73.3 cm³/mol. The molecule has 17 heavy (non-hydrogen) atoms. The molecule has 0 unspecified atom stereocenters. The lowest BCUT2D eigenvalue weighted by molar-refractivity contribution is 0.250. The maximum Gasteiger partial charge on any atom is 0.123 e. The number of hydrogen-bond donors (Lipinski definition) is 2. The van der Waals surface area contributed by atoms with Crippen LogP contribution in [0.3, 0.4) is 0 Å². The fraction of sp³-hybridized carbons (Fsp3) is 0.538. The average Bonchev–Trinajstić information content (AvgIpc) is 2.34. The van der Waals surface area contributed by atoms with Gasteiger partial charge < -0.3 is 15.2 Å². The third-order valence-electron chi connectivity index (χ3n) is 2.40. The Morgan fingerprint density at radius 2 is 2.24 bits per heavy atom. The molecule has 0 saturated carbocycles. The van der Waals surface area contributed by atoms with Gasteiger partial charge in [0.2, 0.25) is 0 Å². The molecule has 0 aliphatic rings. The first kappa shape index (κ1) is 14.5. The zero-order valence-electron chi connectivity index (χ0n) is 10.4. The van der Waals surface area contributed by atoms with Gasteiger partial charge in [-0.2, -0.15) is 0 Å². The van der Waals surface area contributed by atoms with E-state index in [0.717, 1.165) is 28.8 Å². The molecule has 1 rings (SSSR count). The van der Waals surface area contributed by atoms with Gasteiger partial charge in [-0.1, -0.05) is 22.9 Å². The number of benzene rings is 1. The molecule has 0 amide bonds. The molecule has 4 heteroatoms. The second-order valence-electron chi connectivity index (χ2n) is 4.07. The lowest BCUT2D eigenvalue weighted by Gasteiger charge is -2.14. The molecule has 1 aromatic carbocycles. The molecule has 0 aliphatic carbocycles. The minimum absolute atomic E-state index is 0.0907. The summed E-state index contributed by atoms with van der Waals surface area (Å²) in [6.07, 6.45) is 0.996. The molecule has 2 N–H and O–H groups in total. The summed E-state index contributed by atoms with van der Waals surface area (Å²) in [7, 11) is 0. The number of halogens is 1. The second-order valence-corrected chi connectivity index (χ2v) is 4.98. The van der Waals surface area contributed by atoms with Crippen molar-refractivity contribution in [1.82, 2.24) is 5.32 Å². The highest BCUT2D eigenvalue weighted by Crippen LogP contribution is 2.23. The van der Waals surface area contributed by atoms with E-state index in [4.69, 9.17) is 9.84 Å². The molecule has 1 aromatic rings. The Bertz CT molecular complexity index is 344. The molecule has 0 spiro atoms. The van der Waals surface area contributed by atoms with Crippen molar-refractivity contribution < 1.29 is 9.84 Å². The quantitative estimate of drug-likeness (QED) is 0.814. The lowest BCUT2D eigenvalue weighted by Crippen LogP contribution is -2.28. The van der Waals surface area contributed by atoms with E-state index in [1.807, 2.05) is 25.1 Å². The van der Waals surface area contributed by atoms with Crippen molar-refractivity contribution in [2.45, 2.75) is 32.9 Å². The topological polar surface area (TPSA) is 41.5 Å². The summed E-state index contributed by atoms with van der Waals surface area (Å²) in [6, 6.07) is 6.08. The fourth-order valence-electron chi connectivity index (χ4n) is 1.39. The van der Waals surface area contributed by atoms with Crippen molar-refractivity contribution in [1.29, 1.82) is 0 Å². The monoisotopic (exact) mass is 301 g/mol. The third kappa shape index (κ3) is 5.06. The van der Waals surface area contributed by atoms with E-state index in [9.17, 15) is 0 Å². The van der Waals surface area contributed by atoms with Crippen LogP contribution < -0.4 is 10.1 Å². The van der Waals surface area contributed by atoms with Crippen LogP contribution in [0, 0.1) is 0 Å². The molecule has 0 aliphatic heterocycles. The van der Waals surface area contributed by atoms with Gasteiger partial charge in [-0.3, -0.25) is 0 Å². The summed E-state index contributed by atoms with van der Waals surface area (Å²) in [4.78, 5) is 0. The number of aliphatic hydroxyl groups excluding tert-OH is 1. The highest BCUT2D eigenvalue weighted by molar-refractivity contribution is 9.10. The molecule has 3 nitrogen and oxygen atoms in total. The van der Waals surface area contributed by atoms with Gasteiger partial charge in [0, 0.05) is 22.6 Å². The van der Waals surface area contributed by atoms with E-state index in [0.29, 0.717) is 6.54 Å². The van der Waals surface area contributed by atoms with Crippen LogP contribution in [0.5, 0.6) is 5.75 Å². The zero-order valence-corrected chi connectivity index (χ0v) is 12.0. The van der Waals surface area contributed by atoms with E-state index >= 15 is 0 Å². The van der Waals surface area contributed by atoms with Crippen molar-refractivity contribution in [3.63, 3.8) is 0 Å². The van der Waals surface area contributed by atoms with Crippen molar-refractivity contribution in [2.75, 3.05) is 13.2 Å². The zero-order chi connectivity index (χ0) is 12.7. The first-order chi connectivity index (χ1) is 8.17. The molecule has 96 valence electrons. The Morgan fingerprint density at radius 3 is 2.88 bits per heavy atom. The third-order valence-corrected chi connectivity index (χ3v) is 2.89. The largest absolute Gasteiger partial charge is 0.493 e. The van der Waals surface area contributed by atoms with Crippen LogP contribution in [0.4, 0.5) is 0 Å². The maximum atomic E-state index is 8.98.